The second kappa shape index (κ2) is 11.2. The van der Waals surface area contributed by atoms with Crippen LogP contribution in [0.3, 0.4) is 0 Å². The Morgan fingerprint density at radius 1 is 0.935 bits per heavy atom. The van der Waals surface area contributed by atoms with Crippen molar-refractivity contribution >= 4 is 17.9 Å². The summed E-state index contributed by atoms with van der Waals surface area (Å²) in [5.74, 6) is 1.48. The topological polar surface area (TPSA) is 59.1 Å². The normalized spacial score (nSPS) is 14.0. The first-order valence-electron chi connectivity index (χ1n) is 10.6. The van der Waals surface area contributed by atoms with Gasteiger partial charge in [0.25, 0.3) is 0 Å². The Labute approximate surface area is 184 Å². The van der Waals surface area contributed by atoms with Crippen molar-refractivity contribution in [2.24, 2.45) is 0 Å². The summed E-state index contributed by atoms with van der Waals surface area (Å²) >= 11 is 0. The summed E-state index contributed by atoms with van der Waals surface area (Å²) in [6.45, 7) is 2.24. The van der Waals surface area contributed by atoms with Gasteiger partial charge >= 0.3 is 0 Å². The van der Waals surface area contributed by atoms with Crippen LogP contribution in [-0.4, -0.2) is 62.0 Å². The van der Waals surface area contributed by atoms with E-state index in [2.05, 4.69) is 12.1 Å². The summed E-state index contributed by atoms with van der Waals surface area (Å²) in [7, 11) is 3.19. The maximum Gasteiger partial charge on any atom is 0.246 e. The molecule has 1 heterocycles. The second-order valence-electron chi connectivity index (χ2n) is 7.49. The fraction of sp³-hybridized carbons (Fsp3) is 0.360. The van der Waals surface area contributed by atoms with E-state index in [-0.39, 0.29) is 11.8 Å². The molecule has 2 aromatic rings. The lowest BCUT2D eigenvalue weighted by atomic mass is 10.1. The van der Waals surface area contributed by atoms with Crippen molar-refractivity contribution < 1.29 is 19.1 Å². The van der Waals surface area contributed by atoms with Gasteiger partial charge in [-0.2, -0.15) is 0 Å². The smallest absolute Gasteiger partial charge is 0.246 e. The molecule has 1 saturated heterocycles. The monoisotopic (exact) mass is 422 g/mol. The van der Waals surface area contributed by atoms with Crippen LogP contribution in [-0.2, 0) is 16.0 Å². The number of rotatable bonds is 8. The standard InChI is InChI=1S/C25H30N2O4/c1-30-22-12-13-23(31-2)21(19-22)11-14-25(29)27-17-15-26(16-18-27)24(28)10-6-9-20-7-4-3-5-8-20/h3-5,7-8,11-14,19H,6,9-10,15-18H2,1-2H3/b14-11+. The van der Waals surface area contributed by atoms with Gasteiger partial charge in [0.2, 0.25) is 11.8 Å². The quantitative estimate of drug-likeness (QED) is 0.612. The second-order valence-corrected chi connectivity index (χ2v) is 7.49. The van der Waals surface area contributed by atoms with Crippen molar-refractivity contribution in [1.29, 1.82) is 0 Å². The predicted molar refractivity (Wildman–Crippen MR) is 121 cm³/mol. The molecule has 0 N–H and O–H groups in total. The first-order chi connectivity index (χ1) is 15.1. The van der Waals surface area contributed by atoms with E-state index in [1.165, 1.54) is 5.56 Å². The predicted octanol–water partition coefficient (Wildman–Crippen LogP) is 3.41. The Morgan fingerprint density at radius 3 is 2.32 bits per heavy atom. The average Bonchev–Trinajstić information content (AvgIpc) is 2.83. The van der Waals surface area contributed by atoms with Crippen LogP contribution in [0.4, 0.5) is 0 Å². The molecule has 0 saturated carbocycles. The molecular weight excluding hydrogens is 392 g/mol. The van der Waals surface area contributed by atoms with E-state index >= 15 is 0 Å². The minimum atomic E-state index is -0.0685. The number of benzene rings is 2. The third-order valence-corrected chi connectivity index (χ3v) is 5.49. The first-order valence-corrected chi connectivity index (χ1v) is 10.6. The minimum absolute atomic E-state index is 0.0685. The van der Waals surface area contributed by atoms with Crippen molar-refractivity contribution in [2.75, 3.05) is 40.4 Å². The molecule has 0 spiro atoms. The number of ether oxygens (including phenoxy) is 2. The van der Waals surface area contributed by atoms with Crippen molar-refractivity contribution in [1.82, 2.24) is 9.80 Å². The summed E-state index contributed by atoms with van der Waals surface area (Å²) in [5.41, 5.74) is 2.03. The molecule has 6 nitrogen and oxygen atoms in total. The molecule has 0 aromatic heterocycles. The van der Waals surface area contributed by atoms with Crippen LogP contribution >= 0.6 is 0 Å². The zero-order chi connectivity index (χ0) is 22.1. The summed E-state index contributed by atoms with van der Waals surface area (Å²) in [6.07, 6.45) is 5.58. The maximum atomic E-state index is 12.6. The highest BCUT2D eigenvalue weighted by Crippen LogP contribution is 2.25. The number of piperazine rings is 1. The molecule has 1 aliphatic rings. The fourth-order valence-electron chi connectivity index (χ4n) is 3.66. The SMILES string of the molecule is COc1ccc(OC)c(/C=C/C(=O)N2CCN(C(=O)CCCc3ccccc3)CC2)c1. The summed E-state index contributed by atoms with van der Waals surface area (Å²) in [4.78, 5) is 28.7. The van der Waals surface area contributed by atoms with E-state index in [0.717, 1.165) is 18.4 Å². The van der Waals surface area contributed by atoms with E-state index in [4.69, 9.17) is 9.47 Å². The van der Waals surface area contributed by atoms with E-state index < -0.39 is 0 Å². The number of amides is 2. The van der Waals surface area contributed by atoms with Crippen LogP contribution < -0.4 is 9.47 Å². The van der Waals surface area contributed by atoms with Gasteiger partial charge < -0.3 is 19.3 Å². The van der Waals surface area contributed by atoms with E-state index in [9.17, 15) is 9.59 Å². The number of carbonyl (C=O) groups excluding carboxylic acids is 2. The Kier molecular flexibility index (Phi) is 8.10. The fourth-order valence-corrected chi connectivity index (χ4v) is 3.66. The van der Waals surface area contributed by atoms with Gasteiger partial charge in [-0.3, -0.25) is 9.59 Å². The number of hydrogen-bond acceptors (Lipinski definition) is 4. The molecule has 6 heteroatoms. The van der Waals surface area contributed by atoms with Gasteiger partial charge in [-0.25, -0.2) is 0 Å². The molecule has 3 rings (SSSR count). The van der Waals surface area contributed by atoms with Crippen LogP contribution in [0.5, 0.6) is 11.5 Å². The molecule has 164 valence electrons. The van der Waals surface area contributed by atoms with Crippen LogP contribution in [0.1, 0.15) is 24.0 Å². The number of carbonyl (C=O) groups is 2. The third kappa shape index (κ3) is 6.35. The summed E-state index contributed by atoms with van der Waals surface area (Å²) < 4.78 is 10.6. The first kappa shape index (κ1) is 22.4. The Hall–Kier alpha value is -3.28. The molecule has 0 bridgehead atoms. The molecule has 0 unspecified atom stereocenters. The van der Waals surface area contributed by atoms with Gasteiger partial charge in [-0.1, -0.05) is 30.3 Å². The molecule has 0 atom stereocenters. The van der Waals surface area contributed by atoms with E-state index in [1.54, 1.807) is 31.3 Å². The van der Waals surface area contributed by atoms with E-state index in [0.29, 0.717) is 44.1 Å². The lowest BCUT2D eigenvalue weighted by Crippen LogP contribution is -2.50. The van der Waals surface area contributed by atoms with Gasteiger partial charge in [-0.15, -0.1) is 0 Å². The van der Waals surface area contributed by atoms with Gasteiger partial charge in [0.1, 0.15) is 11.5 Å². The molecule has 0 aliphatic carbocycles. The van der Waals surface area contributed by atoms with Gasteiger partial charge in [-0.05, 0) is 42.7 Å². The Balaban J connectivity index is 1.46. The molecule has 1 aliphatic heterocycles. The maximum absolute atomic E-state index is 12.6. The average molecular weight is 423 g/mol. The molecule has 2 aromatic carbocycles. The number of nitrogens with zero attached hydrogens (tertiary/aromatic N) is 2. The number of hydrogen-bond donors (Lipinski definition) is 0. The van der Waals surface area contributed by atoms with Crippen molar-refractivity contribution in [3.63, 3.8) is 0 Å². The lowest BCUT2D eigenvalue weighted by Gasteiger charge is -2.34. The van der Waals surface area contributed by atoms with Gasteiger partial charge in [0.05, 0.1) is 14.2 Å². The lowest BCUT2D eigenvalue weighted by molar-refractivity contribution is -0.137. The molecule has 1 fully saturated rings. The van der Waals surface area contributed by atoms with Gasteiger partial charge in [0, 0.05) is 44.2 Å². The van der Waals surface area contributed by atoms with Gasteiger partial charge in [0.15, 0.2) is 0 Å². The Bertz CT molecular complexity index is 903. The van der Waals surface area contributed by atoms with Crippen molar-refractivity contribution in [3.05, 3.63) is 65.7 Å². The highest BCUT2D eigenvalue weighted by molar-refractivity contribution is 5.92. The van der Waals surface area contributed by atoms with Crippen LogP contribution in [0.2, 0.25) is 0 Å². The zero-order valence-corrected chi connectivity index (χ0v) is 18.3. The Morgan fingerprint density at radius 2 is 1.65 bits per heavy atom. The summed E-state index contributed by atoms with van der Waals surface area (Å²) in [6, 6.07) is 15.7. The van der Waals surface area contributed by atoms with Crippen molar-refractivity contribution in [3.8, 4) is 11.5 Å². The molecule has 0 radical (unpaired) electrons. The highest BCUT2D eigenvalue weighted by Gasteiger charge is 2.22. The van der Waals surface area contributed by atoms with Crippen molar-refractivity contribution in [2.45, 2.75) is 19.3 Å². The molecular formula is C25H30N2O4. The number of methoxy groups -OCH3 is 2. The third-order valence-electron chi connectivity index (χ3n) is 5.49. The zero-order valence-electron chi connectivity index (χ0n) is 18.3. The van der Waals surface area contributed by atoms with E-state index in [1.807, 2.05) is 41.3 Å². The highest BCUT2D eigenvalue weighted by atomic mass is 16.5. The minimum Gasteiger partial charge on any atom is -0.497 e. The molecule has 2 amide bonds. The summed E-state index contributed by atoms with van der Waals surface area (Å²) in [5, 5.41) is 0. The van der Waals surface area contributed by atoms with Crippen LogP contribution in [0.15, 0.2) is 54.6 Å². The van der Waals surface area contributed by atoms with Crippen LogP contribution in [0, 0.1) is 0 Å². The number of aryl methyl sites for hydroxylation is 1. The molecule has 31 heavy (non-hydrogen) atoms. The largest absolute Gasteiger partial charge is 0.497 e. The van der Waals surface area contributed by atoms with Crippen LogP contribution in [0.25, 0.3) is 6.08 Å².